The fraction of sp³-hybridized carbons (Fsp3) is 0.235. The molecule has 0 saturated carbocycles. The molecule has 23 heavy (non-hydrogen) atoms. The second kappa shape index (κ2) is 5.97. The molecule has 0 saturated heterocycles. The molecular weight excluding hydrogens is 290 g/mol. The first-order valence-corrected chi connectivity index (χ1v) is 7.39. The van der Waals surface area contributed by atoms with Crippen LogP contribution in [0.25, 0.3) is 10.9 Å². The molecule has 0 radical (unpaired) electrons. The van der Waals surface area contributed by atoms with E-state index in [4.69, 9.17) is 5.26 Å². The number of nitrogens with one attached hydrogen (secondary N) is 2. The first-order chi connectivity index (χ1) is 11.1. The average molecular weight is 307 g/mol. The molecule has 1 aromatic carbocycles. The minimum atomic E-state index is -0.225. The lowest BCUT2D eigenvalue weighted by Gasteiger charge is -2.06. The summed E-state index contributed by atoms with van der Waals surface area (Å²) in [6, 6.07) is 11.7. The van der Waals surface area contributed by atoms with Crippen LogP contribution in [0.3, 0.4) is 0 Å². The number of benzene rings is 1. The molecule has 0 aliphatic rings. The Labute approximate surface area is 133 Å². The number of anilines is 1. The molecule has 0 unspecified atom stereocenters. The molecule has 3 aromatic rings. The van der Waals surface area contributed by atoms with Gasteiger partial charge in [0, 0.05) is 17.0 Å². The van der Waals surface area contributed by atoms with Crippen molar-refractivity contribution in [3.05, 3.63) is 47.3 Å². The molecule has 0 aliphatic heterocycles. The number of amides is 1. The van der Waals surface area contributed by atoms with Crippen molar-refractivity contribution in [2.75, 3.05) is 5.32 Å². The van der Waals surface area contributed by atoms with E-state index < -0.39 is 0 Å². The van der Waals surface area contributed by atoms with E-state index in [-0.39, 0.29) is 5.91 Å². The Hall–Kier alpha value is -3.07. The van der Waals surface area contributed by atoms with Crippen molar-refractivity contribution in [1.82, 2.24) is 14.8 Å². The largest absolute Gasteiger partial charge is 0.351 e. The van der Waals surface area contributed by atoms with Crippen molar-refractivity contribution in [2.45, 2.75) is 26.8 Å². The number of H-pyrrole nitrogens is 1. The van der Waals surface area contributed by atoms with Crippen LogP contribution in [0.4, 0.5) is 5.82 Å². The average Bonchev–Trinajstić information content (AvgIpc) is 3.08. The molecule has 0 fully saturated rings. The predicted octanol–water partition coefficient (Wildman–Crippen LogP) is 3.15. The molecule has 1 amide bonds. The number of aromatic amines is 1. The van der Waals surface area contributed by atoms with E-state index in [0.29, 0.717) is 24.5 Å². The van der Waals surface area contributed by atoms with Gasteiger partial charge in [0.1, 0.15) is 11.5 Å². The number of aromatic nitrogens is 3. The molecule has 3 rings (SSSR count). The molecule has 6 nitrogen and oxygen atoms in total. The van der Waals surface area contributed by atoms with Gasteiger partial charge in [0.05, 0.1) is 24.7 Å². The quantitative estimate of drug-likeness (QED) is 0.776. The van der Waals surface area contributed by atoms with Gasteiger partial charge in [-0.3, -0.25) is 4.79 Å². The molecule has 6 heteroatoms. The SMILES string of the molecule is Cc1ccc2cc(C(=O)Nc3cc(C)nn3CCC#N)[nH]c2c1. The van der Waals surface area contributed by atoms with E-state index >= 15 is 0 Å². The van der Waals surface area contributed by atoms with Gasteiger partial charge in [0.25, 0.3) is 5.91 Å². The summed E-state index contributed by atoms with van der Waals surface area (Å²) in [6.45, 7) is 4.31. The highest BCUT2D eigenvalue weighted by atomic mass is 16.2. The van der Waals surface area contributed by atoms with Gasteiger partial charge in [-0.25, -0.2) is 4.68 Å². The van der Waals surface area contributed by atoms with Crippen LogP contribution in [0.1, 0.15) is 28.2 Å². The van der Waals surface area contributed by atoms with Gasteiger partial charge in [-0.2, -0.15) is 10.4 Å². The Kier molecular flexibility index (Phi) is 3.85. The fourth-order valence-corrected chi connectivity index (χ4v) is 2.52. The Bertz CT molecular complexity index is 913. The Balaban J connectivity index is 1.84. The Morgan fingerprint density at radius 1 is 1.35 bits per heavy atom. The predicted molar refractivity (Wildman–Crippen MR) is 88.2 cm³/mol. The van der Waals surface area contributed by atoms with Crippen molar-refractivity contribution in [2.24, 2.45) is 0 Å². The number of nitrogens with zero attached hydrogens (tertiary/aromatic N) is 3. The van der Waals surface area contributed by atoms with Crippen molar-refractivity contribution < 1.29 is 4.79 Å². The van der Waals surface area contributed by atoms with Crippen molar-refractivity contribution in [3.8, 4) is 6.07 Å². The van der Waals surface area contributed by atoms with Crippen LogP contribution in [0.2, 0.25) is 0 Å². The van der Waals surface area contributed by atoms with Crippen LogP contribution < -0.4 is 5.32 Å². The normalized spacial score (nSPS) is 10.7. The lowest BCUT2D eigenvalue weighted by molar-refractivity contribution is 0.102. The zero-order chi connectivity index (χ0) is 16.4. The number of nitriles is 1. The van der Waals surface area contributed by atoms with Gasteiger partial charge in [0.2, 0.25) is 0 Å². The third-order valence-corrected chi connectivity index (χ3v) is 3.60. The topological polar surface area (TPSA) is 86.5 Å². The number of fused-ring (bicyclic) bond motifs is 1. The maximum Gasteiger partial charge on any atom is 0.273 e. The second-order valence-electron chi connectivity index (χ2n) is 5.53. The fourth-order valence-electron chi connectivity index (χ4n) is 2.52. The third-order valence-electron chi connectivity index (χ3n) is 3.60. The number of carbonyl (C=O) groups excluding carboxylic acids is 1. The van der Waals surface area contributed by atoms with Gasteiger partial charge >= 0.3 is 0 Å². The van der Waals surface area contributed by atoms with Crippen molar-refractivity contribution in [1.29, 1.82) is 5.26 Å². The summed E-state index contributed by atoms with van der Waals surface area (Å²) >= 11 is 0. The zero-order valence-electron chi connectivity index (χ0n) is 13.1. The van der Waals surface area contributed by atoms with E-state index in [1.807, 2.05) is 38.1 Å². The summed E-state index contributed by atoms with van der Waals surface area (Å²) in [6.07, 6.45) is 0.343. The standard InChI is InChI=1S/C17H17N5O/c1-11-4-5-13-10-15(19-14(13)8-11)17(23)20-16-9-12(2)21-22(16)7-3-6-18/h4-5,8-10,19H,3,7H2,1-2H3,(H,20,23). The number of rotatable bonds is 4. The zero-order valence-corrected chi connectivity index (χ0v) is 13.1. The van der Waals surface area contributed by atoms with E-state index in [9.17, 15) is 4.79 Å². The summed E-state index contributed by atoms with van der Waals surface area (Å²) < 4.78 is 1.64. The molecule has 2 aromatic heterocycles. The third kappa shape index (κ3) is 3.09. The molecule has 0 aliphatic carbocycles. The first-order valence-electron chi connectivity index (χ1n) is 7.39. The summed E-state index contributed by atoms with van der Waals surface area (Å²) in [7, 11) is 0. The number of carbonyl (C=O) groups is 1. The Morgan fingerprint density at radius 2 is 2.17 bits per heavy atom. The smallest absolute Gasteiger partial charge is 0.273 e. The van der Waals surface area contributed by atoms with Gasteiger partial charge in [0.15, 0.2) is 0 Å². The second-order valence-corrected chi connectivity index (χ2v) is 5.53. The van der Waals surface area contributed by atoms with Crippen molar-refractivity contribution in [3.63, 3.8) is 0 Å². The van der Waals surface area contributed by atoms with E-state index in [1.54, 1.807) is 10.7 Å². The summed E-state index contributed by atoms with van der Waals surface area (Å²) in [5, 5.41) is 16.8. The molecule has 116 valence electrons. The molecular formula is C17H17N5O. The molecule has 0 atom stereocenters. The lowest BCUT2D eigenvalue weighted by atomic mass is 10.2. The van der Waals surface area contributed by atoms with E-state index in [0.717, 1.165) is 22.2 Å². The van der Waals surface area contributed by atoms with Gasteiger partial charge < -0.3 is 10.3 Å². The van der Waals surface area contributed by atoms with Crippen LogP contribution in [-0.2, 0) is 6.54 Å². The molecule has 0 bridgehead atoms. The van der Waals surface area contributed by atoms with E-state index in [2.05, 4.69) is 21.5 Å². The van der Waals surface area contributed by atoms with E-state index in [1.165, 1.54) is 0 Å². The highest BCUT2D eigenvalue weighted by molar-refractivity contribution is 6.05. The van der Waals surface area contributed by atoms with Gasteiger partial charge in [-0.05, 0) is 31.5 Å². The van der Waals surface area contributed by atoms with Crippen LogP contribution >= 0.6 is 0 Å². The van der Waals surface area contributed by atoms with Crippen molar-refractivity contribution >= 4 is 22.6 Å². The number of aryl methyl sites for hydroxylation is 3. The minimum absolute atomic E-state index is 0.225. The van der Waals surface area contributed by atoms with Crippen LogP contribution in [0, 0.1) is 25.2 Å². The summed E-state index contributed by atoms with van der Waals surface area (Å²) in [5.74, 6) is 0.370. The maximum absolute atomic E-state index is 12.5. The Morgan fingerprint density at radius 3 is 2.96 bits per heavy atom. The monoisotopic (exact) mass is 307 g/mol. The first kappa shape index (κ1) is 14.9. The minimum Gasteiger partial charge on any atom is -0.351 e. The van der Waals surface area contributed by atoms with Crippen LogP contribution in [-0.4, -0.2) is 20.7 Å². The number of hydrogen-bond donors (Lipinski definition) is 2. The number of hydrogen-bond acceptors (Lipinski definition) is 3. The molecule has 2 heterocycles. The summed E-state index contributed by atoms with van der Waals surface area (Å²) in [5.41, 5.74) is 3.36. The summed E-state index contributed by atoms with van der Waals surface area (Å²) in [4.78, 5) is 15.6. The lowest BCUT2D eigenvalue weighted by Crippen LogP contribution is -2.16. The molecule has 2 N–H and O–H groups in total. The van der Waals surface area contributed by atoms with Crippen LogP contribution in [0.5, 0.6) is 0 Å². The molecule has 0 spiro atoms. The van der Waals surface area contributed by atoms with Gasteiger partial charge in [-0.15, -0.1) is 0 Å². The highest BCUT2D eigenvalue weighted by Crippen LogP contribution is 2.18. The highest BCUT2D eigenvalue weighted by Gasteiger charge is 2.13. The van der Waals surface area contributed by atoms with Crippen LogP contribution in [0.15, 0.2) is 30.3 Å². The maximum atomic E-state index is 12.5. The van der Waals surface area contributed by atoms with Gasteiger partial charge in [-0.1, -0.05) is 12.1 Å².